The van der Waals surface area contributed by atoms with E-state index in [1.54, 1.807) is 4.90 Å². The topological polar surface area (TPSA) is 69.6 Å². The van der Waals surface area contributed by atoms with E-state index >= 15 is 4.39 Å². The van der Waals surface area contributed by atoms with Gasteiger partial charge >= 0.3 is 0 Å². The lowest BCUT2D eigenvalue weighted by molar-refractivity contribution is -0.126. The third-order valence-corrected chi connectivity index (χ3v) is 5.73. The van der Waals surface area contributed by atoms with E-state index in [9.17, 15) is 14.3 Å². The zero-order chi connectivity index (χ0) is 22.3. The maximum absolute atomic E-state index is 15.5. The van der Waals surface area contributed by atoms with Gasteiger partial charge < -0.3 is 14.9 Å². The molecule has 1 saturated heterocycles. The molecule has 1 unspecified atom stereocenters. The quantitative estimate of drug-likeness (QED) is 0.614. The molecule has 9 heteroatoms. The van der Waals surface area contributed by atoms with Crippen LogP contribution < -0.4 is 4.90 Å². The first-order chi connectivity index (χ1) is 14.8. The highest BCUT2D eigenvalue weighted by molar-refractivity contribution is 6.34. The fourth-order valence-electron chi connectivity index (χ4n) is 3.94. The lowest BCUT2D eigenvalue weighted by Crippen LogP contribution is -2.53. The Morgan fingerprint density at radius 3 is 2.74 bits per heavy atom. The highest BCUT2D eigenvalue weighted by Crippen LogP contribution is 2.42. The standard InChI is InChI=1S/C22H19ClF2N4O2/c1-3-17(31)28-7-8-29(12(2)10-28)22-13-9-14(23)18(20(25)21(13)26-11-27-22)19-15(24)5-4-6-16(19)30/h3-6,9,11-12,30H,1,7-8,10H2,2H3. The monoisotopic (exact) mass is 444 g/mol. The largest absolute Gasteiger partial charge is 0.507 e. The number of aromatic hydroxyl groups is 1. The van der Waals surface area contributed by atoms with Crippen molar-refractivity contribution in [3.05, 3.63) is 59.9 Å². The van der Waals surface area contributed by atoms with E-state index < -0.39 is 17.4 Å². The van der Waals surface area contributed by atoms with Crippen LogP contribution in [0.2, 0.25) is 5.02 Å². The Morgan fingerprint density at radius 1 is 1.29 bits per heavy atom. The zero-order valence-corrected chi connectivity index (χ0v) is 17.4. The molecule has 160 valence electrons. The number of anilines is 1. The zero-order valence-electron chi connectivity index (χ0n) is 16.6. The summed E-state index contributed by atoms with van der Waals surface area (Å²) in [5.74, 6) is -1.76. The maximum Gasteiger partial charge on any atom is 0.246 e. The normalized spacial score (nSPS) is 16.6. The number of nitrogens with zero attached hydrogens (tertiary/aromatic N) is 4. The number of benzene rings is 2. The van der Waals surface area contributed by atoms with Crippen LogP contribution in [0.3, 0.4) is 0 Å². The smallest absolute Gasteiger partial charge is 0.246 e. The van der Waals surface area contributed by atoms with Gasteiger partial charge in [0.15, 0.2) is 5.82 Å². The van der Waals surface area contributed by atoms with Crippen molar-refractivity contribution in [2.24, 2.45) is 0 Å². The van der Waals surface area contributed by atoms with Gasteiger partial charge in [-0.1, -0.05) is 24.2 Å². The summed E-state index contributed by atoms with van der Waals surface area (Å²) in [7, 11) is 0. The van der Waals surface area contributed by atoms with Gasteiger partial charge in [0.25, 0.3) is 0 Å². The lowest BCUT2D eigenvalue weighted by Gasteiger charge is -2.40. The molecular formula is C22H19ClF2N4O2. The second kappa shape index (κ2) is 8.11. The molecule has 0 saturated carbocycles. The molecule has 0 radical (unpaired) electrons. The van der Waals surface area contributed by atoms with Crippen molar-refractivity contribution >= 4 is 34.2 Å². The van der Waals surface area contributed by atoms with Gasteiger partial charge in [0.2, 0.25) is 5.91 Å². The fourth-order valence-corrected chi connectivity index (χ4v) is 4.22. The predicted molar refractivity (Wildman–Crippen MR) is 115 cm³/mol. The summed E-state index contributed by atoms with van der Waals surface area (Å²) < 4.78 is 29.9. The molecule has 1 aliphatic heterocycles. The number of carbonyl (C=O) groups excluding carboxylic acids is 1. The van der Waals surface area contributed by atoms with Crippen molar-refractivity contribution in [2.75, 3.05) is 24.5 Å². The van der Waals surface area contributed by atoms with Gasteiger partial charge in [0, 0.05) is 36.6 Å². The second-order valence-electron chi connectivity index (χ2n) is 7.31. The molecule has 0 spiro atoms. The number of hydrogen-bond donors (Lipinski definition) is 1. The molecular weight excluding hydrogens is 426 g/mol. The number of piperazine rings is 1. The molecule has 3 aromatic rings. The molecule has 4 rings (SSSR count). The number of fused-ring (bicyclic) bond motifs is 1. The molecule has 0 bridgehead atoms. The van der Waals surface area contributed by atoms with Crippen molar-refractivity contribution < 1.29 is 18.7 Å². The van der Waals surface area contributed by atoms with E-state index in [2.05, 4.69) is 16.5 Å². The molecule has 31 heavy (non-hydrogen) atoms. The molecule has 2 heterocycles. The lowest BCUT2D eigenvalue weighted by atomic mass is 10.0. The number of amides is 1. The van der Waals surface area contributed by atoms with Crippen LogP contribution in [-0.2, 0) is 4.79 Å². The van der Waals surface area contributed by atoms with Gasteiger partial charge in [0.1, 0.15) is 29.2 Å². The van der Waals surface area contributed by atoms with Crippen LogP contribution in [0.4, 0.5) is 14.6 Å². The molecule has 2 aromatic carbocycles. The molecule has 1 amide bonds. The Bertz CT molecular complexity index is 1180. The summed E-state index contributed by atoms with van der Waals surface area (Å²) in [6.45, 7) is 6.83. The minimum absolute atomic E-state index is 0.0381. The minimum atomic E-state index is -0.848. The Morgan fingerprint density at radius 2 is 2.06 bits per heavy atom. The van der Waals surface area contributed by atoms with Crippen LogP contribution in [0, 0.1) is 11.6 Å². The van der Waals surface area contributed by atoms with Crippen LogP contribution in [0.5, 0.6) is 5.75 Å². The Labute approximate surface area is 182 Å². The highest BCUT2D eigenvalue weighted by atomic mass is 35.5. The molecule has 1 aromatic heterocycles. The first kappa shape index (κ1) is 21.0. The number of hydrogen-bond acceptors (Lipinski definition) is 5. The molecule has 1 N–H and O–H groups in total. The van der Waals surface area contributed by atoms with Crippen molar-refractivity contribution in [1.82, 2.24) is 14.9 Å². The third-order valence-electron chi connectivity index (χ3n) is 5.43. The number of carbonyl (C=O) groups is 1. The van der Waals surface area contributed by atoms with Crippen LogP contribution in [0.25, 0.3) is 22.0 Å². The van der Waals surface area contributed by atoms with Crippen LogP contribution in [0.15, 0.2) is 43.2 Å². The number of phenols is 1. The van der Waals surface area contributed by atoms with Gasteiger partial charge in [-0.25, -0.2) is 18.7 Å². The van der Waals surface area contributed by atoms with Crippen LogP contribution in [-0.4, -0.2) is 51.6 Å². The molecule has 0 aliphatic carbocycles. The third kappa shape index (κ3) is 3.57. The van der Waals surface area contributed by atoms with E-state index in [1.165, 1.54) is 30.6 Å². The molecule has 1 fully saturated rings. The summed E-state index contributed by atoms with van der Waals surface area (Å²) in [4.78, 5) is 24.0. The van der Waals surface area contributed by atoms with Gasteiger partial charge in [-0.3, -0.25) is 4.79 Å². The van der Waals surface area contributed by atoms with Crippen LogP contribution in [0.1, 0.15) is 6.92 Å². The average molecular weight is 445 g/mol. The van der Waals surface area contributed by atoms with Crippen molar-refractivity contribution in [1.29, 1.82) is 0 Å². The predicted octanol–water partition coefficient (Wildman–Crippen LogP) is 4.16. The van der Waals surface area contributed by atoms with E-state index in [0.717, 1.165) is 6.07 Å². The molecule has 1 atom stereocenters. The van der Waals surface area contributed by atoms with E-state index in [-0.39, 0.29) is 33.6 Å². The Kier molecular flexibility index (Phi) is 5.49. The molecule has 1 aliphatic rings. The first-order valence-electron chi connectivity index (χ1n) is 9.62. The fraction of sp³-hybridized carbons (Fsp3) is 0.227. The van der Waals surface area contributed by atoms with Gasteiger partial charge in [-0.2, -0.15) is 0 Å². The highest BCUT2D eigenvalue weighted by Gasteiger charge is 2.29. The Hall–Kier alpha value is -3.26. The van der Waals surface area contributed by atoms with Crippen LogP contribution >= 0.6 is 11.6 Å². The molecule has 6 nitrogen and oxygen atoms in total. The SMILES string of the molecule is C=CC(=O)N1CCN(c2ncnc3c(F)c(-c4c(O)cccc4F)c(Cl)cc23)C(C)C1. The van der Waals surface area contributed by atoms with E-state index in [4.69, 9.17) is 11.6 Å². The summed E-state index contributed by atoms with van der Waals surface area (Å²) in [6, 6.07) is 5.07. The van der Waals surface area contributed by atoms with E-state index in [0.29, 0.717) is 30.8 Å². The van der Waals surface area contributed by atoms with Crippen molar-refractivity contribution in [3.8, 4) is 16.9 Å². The van der Waals surface area contributed by atoms with Crippen molar-refractivity contribution in [2.45, 2.75) is 13.0 Å². The first-order valence-corrected chi connectivity index (χ1v) is 9.99. The number of halogens is 3. The van der Waals surface area contributed by atoms with Crippen molar-refractivity contribution in [3.63, 3.8) is 0 Å². The van der Waals surface area contributed by atoms with Gasteiger partial charge in [-0.05, 0) is 31.2 Å². The maximum atomic E-state index is 15.5. The average Bonchev–Trinajstić information content (AvgIpc) is 2.75. The van der Waals surface area contributed by atoms with Gasteiger partial charge in [0.05, 0.1) is 10.6 Å². The summed E-state index contributed by atoms with van der Waals surface area (Å²) in [5, 5.41) is 10.4. The second-order valence-corrected chi connectivity index (χ2v) is 7.71. The summed E-state index contributed by atoms with van der Waals surface area (Å²) in [6.07, 6.45) is 2.50. The number of aromatic nitrogens is 2. The van der Waals surface area contributed by atoms with Gasteiger partial charge in [-0.15, -0.1) is 0 Å². The van der Waals surface area contributed by atoms with E-state index in [1.807, 2.05) is 11.8 Å². The number of phenolic OH excluding ortho intramolecular Hbond substituents is 1. The summed E-state index contributed by atoms with van der Waals surface area (Å²) in [5.41, 5.74) is -0.621. The number of rotatable bonds is 3. The minimum Gasteiger partial charge on any atom is -0.507 e. The summed E-state index contributed by atoms with van der Waals surface area (Å²) >= 11 is 6.36. The Balaban J connectivity index is 1.82.